The number of rotatable bonds is 2. The van der Waals surface area contributed by atoms with E-state index < -0.39 is 0 Å². The van der Waals surface area contributed by atoms with Crippen molar-refractivity contribution >= 4 is 22.6 Å². The SMILES string of the molecule is Cc1ccoc1C(Cl)c1ccc2[nH]c(=O)[nH]c2c1. The topological polar surface area (TPSA) is 61.8 Å². The quantitative estimate of drug-likeness (QED) is 0.697. The summed E-state index contributed by atoms with van der Waals surface area (Å²) < 4.78 is 5.39. The molecule has 0 saturated carbocycles. The summed E-state index contributed by atoms with van der Waals surface area (Å²) in [4.78, 5) is 16.6. The van der Waals surface area contributed by atoms with Gasteiger partial charge in [-0.2, -0.15) is 0 Å². The third-order valence-corrected chi connectivity index (χ3v) is 3.41. The van der Waals surface area contributed by atoms with E-state index in [4.69, 9.17) is 16.0 Å². The molecule has 5 heteroatoms. The molecule has 0 bridgehead atoms. The molecular formula is C13H11ClN2O2. The standard InChI is InChI=1S/C13H11ClN2O2/c1-7-4-5-18-12(7)11(14)8-2-3-9-10(6-8)16-13(17)15-9/h2-6,11H,1H3,(H2,15,16,17). The number of H-pyrrole nitrogens is 2. The van der Waals surface area contributed by atoms with Gasteiger partial charge in [0.1, 0.15) is 11.1 Å². The average Bonchev–Trinajstić information content (AvgIpc) is 2.91. The maximum atomic E-state index is 11.2. The van der Waals surface area contributed by atoms with Crippen LogP contribution in [0.5, 0.6) is 0 Å². The molecule has 3 rings (SSSR count). The second-order valence-electron chi connectivity index (χ2n) is 4.21. The Bertz CT molecular complexity index is 754. The predicted octanol–water partition coefficient (Wildman–Crippen LogP) is 3.09. The Morgan fingerprint density at radius 1 is 1.22 bits per heavy atom. The number of hydrogen-bond acceptors (Lipinski definition) is 2. The van der Waals surface area contributed by atoms with Crippen LogP contribution in [0.15, 0.2) is 39.7 Å². The lowest BCUT2D eigenvalue weighted by Gasteiger charge is -2.08. The average molecular weight is 263 g/mol. The van der Waals surface area contributed by atoms with E-state index >= 15 is 0 Å². The Labute approximate surface area is 108 Å². The summed E-state index contributed by atoms with van der Waals surface area (Å²) in [5.74, 6) is 0.730. The molecule has 2 N–H and O–H groups in total. The van der Waals surface area contributed by atoms with Crippen molar-refractivity contribution in [1.29, 1.82) is 0 Å². The van der Waals surface area contributed by atoms with Crippen LogP contribution in [0.3, 0.4) is 0 Å². The molecule has 3 aromatic rings. The normalized spacial score (nSPS) is 13.0. The molecule has 2 heterocycles. The zero-order valence-corrected chi connectivity index (χ0v) is 10.4. The van der Waals surface area contributed by atoms with Crippen molar-refractivity contribution in [3.05, 3.63) is 57.9 Å². The first kappa shape index (κ1) is 11.2. The number of fused-ring (bicyclic) bond motifs is 1. The summed E-state index contributed by atoms with van der Waals surface area (Å²) in [6.45, 7) is 1.95. The van der Waals surface area contributed by atoms with Crippen LogP contribution in [-0.4, -0.2) is 9.97 Å². The highest BCUT2D eigenvalue weighted by atomic mass is 35.5. The highest BCUT2D eigenvalue weighted by Gasteiger charge is 2.17. The molecule has 18 heavy (non-hydrogen) atoms. The monoisotopic (exact) mass is 262 g/mol. The molecule has 0 spiro atoms. The van der Waals surface area contributed by atoms with Crippen LogP contribution >= 0.6 is 11.6 Å². The van der Waals surface area contributed by atoms with Gasteiger partial charge in [0.2, 0.25) is 0 Å². The van der Waals surface area contributed by atoms with Crippen molar-refractivity contribution in [2.45, 2.75) is 12.3 Å². The molecule has 0 aliphatic rings. The van der Waals surface area contributed by atoms with Gasteiger partial charge in [0.25, 0.3) is 0 Å². The van der Waals surface area contributed by atoms with Gasteiger partial charge < -0.3 is 14.4 Å². The molecule has 2 aromatic heterocycles. The van der Waals surface area contributed by atoms with Crippen LogP contribution in [-0.2, 0) is 0 Å². The number of aromatic amines is 2. The van der Waals surface area contributed by atoms with E-state index in [1.807, 2.05) is 31.2 Å². The third kappa shape index (κ3) is 1.75. The van der Waals surface area contributed by atoms with Crippen molar-refractivity contribution in [2.75, 3.05) is 0 Å². The van der Waals surface area contributed by atoms with Gasteiger partial charge in [0.05, 0.1) is 17.3 Å². The largest absolute Gasteiger partial charge is 0.467 e. The lowest BCUT2D eigenvalue weighted by Crippen LogP contribution is -1.99. The van der Waals surface area contributed by atoms with Crippen molar-refractivity contribution < 1.29 is 4.42 Å². The number of aromatic nitrogens is 2. The highest BCUT2D eigenvalue weighted by Crippen LogP contribution is 2.32. The van der Waals surface area contributed by atoms with E-state index in [-0.39, 0.29) is 11.1 Å². The second-order valence-corrected chi connectivity index (χ2v) is 4.65. The molecule has 0 aliphatic carbocycles. The number of furan rings is 1. The van der Waals surface area contributed by atoms with E-state index in [9.17, 15) is 4.79 Å². The zero-order valence-electron chi connectivity index (χ0n) is 9.66. The Hall–Kier alpha value is -1.94. The lowest BCUT2D eigenvalue weighted by molar-refractivity contribution is 0.513. The van der Waals surface area contributed by atoms with Crippen molar-refractivity contribution in [1.82, 2.24) is 9.97 Å². The summed E-state index contributed by atoms with van der Waals surface area (Å²) in [6.07, 6.45) is 1.62. The van der Waals surface area contributed by atoms with Gasteiger partial charge in [0, 0.05) is 0 Å². The van der Waals surface area contributed by atoms with Crippen LogP contribution < -0.4 is 5.69 Å². The molecule has 1 unspecified atom stereocenters. The van der Waals surface area contributed by atoms with Crippen molar-refractivity contribution in [3.8, 4) is 0 Å². The van der Waals surface area contributed by atoms with Gasteiger partial charge in [-0.05, 0) is 36.2 Å². The summed E-state index contributed by atoms with van der Waals surface area (Å²) in [5, 5.41) is -0.359. The van der Waals surface area contributed by atoms with Crippen LogP contribution in [0, 0.1) is 6.92 Å². The minimum atomic E-state index is -0.359. The van der Waals surface area contributed by atoms with Gasteiger partial charge in [-0.3, -0.25) is 0 Å². The fourth-order valence-corrected chi connectivity index (χ4v) is 2.36. The molecule has 0 radical (unpaired) electrons. The van der Waals surface area contributed by atoms with Gasteiger partial charge in [-0.25, -0.2) is 4.79 Å². The molecule has 0 fully saturated rings. The summed E-state index contributed by atoms with van der Waals surface area (Å²) in [5.41, 5.74) is 3.19. The molecular weight excluding hydrogens is 252 g/mol. The van der Waals surface area contributed by atoms with E-state index in [0.717, 1.165) is 27.9 Å². The number of alkyl halides is 1. The van der Waals surface area contributed by atoms with Gasteiger partial charge >= 0.3 is 5.69 Å². The molecule has 1 atom stereocenters. The Kier molecular flexibility index (Phi) is 2.52. The van der Waals surface area contributed by atoms with Gasteiger partial charge in [0.15, 0.2) is 0 Å². The van der Waals surface area contributed by atoms with Gasteiger partial charge in [-0.1, -0.05) is 6.07 Å². The van der Waals surface area contributed by atoms with E-state index in [1.165, 1.54) is 0 Å². The first-order valence-electron chi connectivity index (χ1n) is 5.55. The second kappa shape index (κ2) is 4.07. The Morgan fingerprint density at radius 2 is 2.00 bits per heavy atom. The zero-order chi connectivity index (χ0) is 12.7. The van der Waals surface area contributed by atoms with Crippen molar-refractivity contribution in [3.63, 3.8) is 0 Å². The maximum absolute atomic E-state index is 11.2. The summed E-state index contributed by atoms with van der Waals surface area (Å²) >= 11 is 6.39. The first-order valence-corrected chi connectivity index (χ1v) is 5.99. The molecule has 0 amide bonds. The predicted molar refractivity (Wildman–Crippen MR) is 70.1 cm³/mol. The van der Waals surface area contributed by atoms with E-state index in [0.29, 0.717) is 0 Å². The third-order valence-electron chi connectivity index (χ3n) is 2.96. The Morgan fingerprint density at radius 3 is 2.72 bits per heavy atom. The summed E-state index contributed by atoms with van der Waals surface area (Å²) in [7, 11) is 0. The number of imidazole rings is 1. The summed E-state index contributed by atoms with van der Waals surface area (Å²) in [6, 6.07) is 7.44. The number of aryl methyl sites for hydroxylation is 1. The van der Waals surface area contributed by atoms with Gasteiger partial charge in [-0.15, -0.1) is 11.6 Å². The van der Waals surface area contributed by atoms with Crippen LogP contribution in [0.25, 0.3) is 11.0 Å². The van der Waals surface area contributed by atoms with Crippen LogP contribution in [0.4, 0.5) is 0 Å². The highest BCUT2D eigenvalue weighted by molar-refractivity contribution is 6.22. The number of hydrogen-bond donors (Lipinski definition) is 2. The lowest BCUT2D eigenvalue weighted by atomic mass is 10.1. The Balaban J connectivity index is 2.09. The maximum Gasteiger partial charge on any atom is 0.323 e. The first-order chi connectivity index (χ1) is 8.65. The molecule has 92 valence electrons. The smallest absolute Gasteiger partial charge is 0.323 e. The molecule has 0 saturated heterocycles. The van der Waals surface area contributed by atoms with Crippen LogP contribution in [0.2, 0.25) is 0 Å². The number of nitrogens with one attached hydrogen (secondary N) is 2. The minimum absolute atomic E-state index is 0.220. The van der Waals surface area contributed by atoms with E-state index in [1.54, 1.807) is 6.26 Å². The molecule has 4 nitrogen and oxygen atoms in total. The molecule has 0 aliphatic heterocycles. The molecule has 1 aromatic carbocycles. The van der Waals surface area contributed by atoms with Crippen molar-refractivity contribution in [2.24, 2.45) is 0 Å². The fourth-order valence-electron chi connectivity index (χ4n) is 2.00. The van der Waals surface area contributed by atoms with Crippen LogP contribution in [0.1, 0.15) is 22.3 Å². The number of benzene rings is 1. The number of halogens is 1. The fraction of sp³-hybridized carbons (Fsp3) is 0.154. The van der Waals surface area contributed by atoms with E-state index in [2.05, 4.69) is 9.97 Å². The minimum Gasteiger partial charge on any atom is -0.467 e.